The van der Waals surface area contributed by atoms with E-state index in [0.717, 1.165) is 0 Å². The first-order chi connectivity index (χ1) is 11.6. The number of amides is 2. The van der Waals surface area contributed by atoms with Crippen molar-refractivity contribution in [2.45, 2.75) is 0 Å². The first kappa shape index (κ1) is 17.5. The summed E-state index contributed by atoms with van der Waals surface area (Å²) in [4.78, 5) is 13.5. The number of hydrogen-bond donors (Lipinski definition) is 2. The SMILES string of the molecule is C=CCN(CCO)C(=O)Nc1ccc(Oc2cccc(F)c2)cc1. The number of rotatable bonds is 7. The van der Waals surface area contributed by atoms with Gasteiger partial charge in [0, 0.05) is 24.8 Å². The summed E-state index contributed by atoms with van der Waals surface area (Å²) in [6, 6.07) is 12.2. The highest BCUT2D eigenvalue weighted by Crippen LogP contribution is 2.23. The summed E-state index contributed by atoms with van der Waals surface area (Å²) in [6.45, 7) is 4.02. The molecule has 0 heterocycles. The molecule has 2 aromatic rings. The summed E-state index contributed by atoms with van der Waals surface area (Å²) in [5.74, 6) is 0.548. The Balaban J connectivity index is 1.98. The van der Waals surface area contributed by atoms with Crippen LogP contribution < -0.4 is 10.1 Å². The Morgan fingerprint density at radius 3 is 2.62 bits per heavy atom. The third kappa shape index (κ3) is 5.10. The summed E-state index contributed by atoms with van der Waals surface area (Å²) >= 11 is 0. The minimum atomic E-state index is -0.373. The number of nitrogens with one attached hydrogen (secondary N) is 1. The fraction of sp³-hybridized carbons (Fsp3) is 0.167. The van der Waals surface area contributed by atoms with E-state index in [9.17, 15) is 9.18 Å². The van der Waals surface area contributed by atoms with E-state index in [4.69, 9.17) is 9.84 Å². The van der Waals surface area contributed by atoms with Gasteiger partial charge < -0.3 is 20.1 Å². The van der Waals surface area contributed by atoms with E-state index in [1.807, 2.05) is 0 Å². The number of urea groups is 1. The molecule has 0 aliphatic rings. The van der Waals surface area contributed by atoms with Gasteiger partial charge in [0.2, 0.25) is 0 Å². The molecule has 0 atom stereocenters. The number of nitrogens with zero attached hydrogens (tertiary/aromatic N) is 1. The van der Waals surface area contributed by atoms with Gasteiger partial charge >= 0.3 is 6.03 Å². The number of aliphatic hydroxyl groups is 1. The summed E-state index contributed by atoms with van der Waals surface area (Å²) in [7, 11) is 0. The molecule has 0 bridgehead atoms. The maximum Gasteiger partial charge on any atom is 0.322 e. The highest BCUT2D eigenvalue weighted by atomic mass is 19.1. The van der Waals surface area contributed by atoms with Crippen LogP contribution in [0.5, 0.6) is 11.5 Å². The number of carbonyl (C=O) groups is 1. The van der Waals surface area contributed by atoms with E-state index in [1.54, 1.807) is 42.5 Å². The number of carbonyl (C=O) groups excluding carboxylic acids is 1. The van der Waals surface area contributed by atoms with E-state index < -0.39 is 0 Å². The molecule has 0 unspecified atom stereocenters. The van der Waals surface area contributed by atoms with Crippen LogP contribution in [0.3, 0.4) is 0 Å². The van der Waals surface area contributed by atoms with Gasteiger partial charge in [0.05, 0.1) is 6.61 Å². The normalized spacial score (nSPS) is 10.1. The van der Waals surface area contributed by atoms with Crippen molar-refractivity contribution in [2.75, 3.05) is 25.0 Å². The Hall–Kier alpha value is -2.86. The predicted octanol–water partition coefficient (Wildman–Crippen LogP) is 3.63. The van der Waals surface area contributed by atoms with Crippen LogP contribution in [-0.4, -0.2) is 35.7 Å². The molecule has 2 rings (SSSR count). The van der Waals surface area contributed by atoms with Gasteiger partial charge in [-0.3, -0.25) is 0 Å². The molecule has 126 valence electrons. The lowest BCUT2D eigenvalue weighted by molar-refractivity contribution is 0.195. The second-order valence-electron chi connectivity index (χ2n) is 4.97. The maximum absolute atomic E-state index is 13.1. The summed E-state index contributed by atoms with van der Waals surface area (Å²) < 4.78 is 18.7. The van der Waals surface area contributed by atoms with Gasteiger partial charge in [-0.15, -0.1) is 6.58 Å². The fourth-order valence-electron chi connectivity index (χ4n) is 2.03. The number of ether oxygens (including phenoxy) is 1. The van der Waals surface area contributed by atoms with E-state index >= 15 is 0 Å². The van der Waals surface area contributed by atoms with Gasteiger partial charge in [-0.05, 0) is 36.4 Å². The van der Waals surface area contributed by atoms with Crippen LogP contribution >= 0.6 is 0 Å². The second-order valence-corrected chi connectivity index (χ2v) is 4.97. The Labute approximate surface area is 140 Å². The number of hydrogen-bond acceptors (Lipinski definition) is 3. The van der Waals surface area contributed by atoms with Crippen molar-refractivity contribution in [2.24, 2.45) is 0 Å². The number of halogens is 1. The van der Waals surface area contributed by atoms with Crippen LogP contribution in [-0.2, 0) is 0 Å². The van der Waals surface area contributed by atoms with Crippen LogP contribution in [0.2, 0.25) is 0 Å². The zero-order valence-corrected chi connectivity index (χ0v) is 13.1. The molecule has 6 heteroatoms. The van der Waals surface area contributed by atoms with Crippen LogP contribution in [0.15, 0.2) is 61.2 Å². The number of aliphatic hydroxyl groups excluding tert-OH is 1. The lowest BCUT2D eigenvalue weighted by Gasteiger charge is -2.20. The largest absolute Gasteiger partial charge is 0.457 e. The molecule has 0 radical (unpaired) electrons. The van der Waals surface area contributed by atoms with E-state index in [1.165, 1.54) is 17.0 Å². The average Bonchev–Trinajstić information content (AvgIpc) is 2.56. The highest BCUT2D eigenvalue weighted by Gasteiger charge is 2.11. The third-order valence-electron chi connectivity index (χ3n) is 3.14. The van der Waals surface area contributed by atoms with Gasteiger partial charge in [0.25, 0.3) is 0 Å². The predicted molar refractivity (Wildman–Crippen MR) is 90.8 cm³/mol. The number of anilines is 1. The summed E-state index contributed by atoms with van der Waals surface area (Å²) in [6.07, 6.45) is 1.59. The van der Waals surface area contributed by atoms with Crippen molar-refractivity contribution < 1.29 is 19.0 Å². The van der Waals surface area contributed by atoms with Crippen molar-refractivity contribution in [1.29, 1.82) is 0 Å². The molecule has 0 aromatic heterocycles. The zero-order valence-electron chi connectivity index (χ0n) is 13.1. The third-order valence-corrected chi connectivity index (χ3v) is 3.14. The van der Waals surface area contributed by atoms with Crippen molar-refractivity contribution in [3.63, 3.8) is 0 Å². The summed E-state index contributed by atoms with van der Waals surface area (Å²) in [5, 5.41) is 11.7. The lowest BCUT2D eigenvalue weighted by Crippen LogP contribution is -2.37. The molecule has 0 saturated carbocycles. The smallest absolute Gasteiger partial charge is 0.322 e. The van der Waals surface area contributed by atoms with Crippen molar-refractivity contribution in [3.05, 3.63) is 67.0 Å². The standard InChI is InChI=1S/C18H19FN2O3/c1-2-10-21(11-12-22)18(23)20-15-6-8-16(9-7-15)24-17-5-3-4-14(19)13-17/h2-9,13,22H,1,10-12H2,(H,20,23). The molecule has 0 aliphatic carbocycles. The molecule has 0 fully saturated rings. The first-order valence-electron chi connectivity index (χ1n) is 7.43. The molecule has 0 aliphatic heterocycles. The van der Waals surface area contributed by atoms with E-state index in [0.29, 0.717) is 23.7 Å². The van der Waals surface area contributed by atoms with Crippen molar-refractivity contribution in [3.8, 4) is 11.5 Å². The average molecular weight is 330 g/mol. The monoisotopic (exact) mass is 330 g/mol. The second kappa shape index (κ2) is 8.69. The first-order valence-corrected chi connectivity index (χ1v) is 7.43. The van der Waals surface area contributed by atoms with Crippen LogP contribution in [0, 0.1) is 5.82 Å². The Bertz CT molecular complexity index is 689. The fourth-order valence-corrected chi connectivity index (χ4v) is 2.03. The Morgan fingerprint density at radius 2 is 2.00 bits per heavy atom. The van der Waals surface area contributed by atoms with Gasteiger partial charge in [0.1, 0.15) is 17.3 Å². The molecule has 2 amide bonds. The van der Waals surface area contributed by atoms with Crippen LogP contribution in [0.4, 0.5) is 14.9 Å². The summed E-state index contributed by atoms with van der Waals surface area (Å²) in [5.41, 5.74) is 0.582. The maximum atomic E-state index is 13.1. The van der Waals surface area contributed by atoms with Crippen LogP contribution in [0.25, 0.3) is 0 Å². The Morgan fingerprint density at radius 1 is 1.25 bits per heavy atom. The van der Waals surface area contributed by atoms with Gasteiger partial charge in [-0.1, -0.05) is 12.1 Å². The minimum Gasteiger partial charge on any atom is -0.457 e. The molecule has 2 N–H and O–H groups in total. The van der Waals surface area contributed by atoms with Crippen molar-refractivity contribution in [1.82, 2.24) is 4.90 Å². The quantitative estimate of drug-likeness (QED) is 0.762. The number of benzene rings is 2. The van der Waals surface area contributed by atoms with Gasteiger partial charge in [-0.25, -0.2) is 9.18 Å². The van der Waals surface area contributed by atoms with Crippen LogP contribution in [0.1, 0.15) is 0 Å². The Kier molecular flexibility index (Phi) is 6.33. The molecular weight excluding hydrogens is 311 g/mol. The molecule has 0 saturated heterocycles. The molecule has 2 aromatic carbocycles. The highest BCUT2D eigenvalue weighted by molar-refractivity contribution is 5.89. The van der Waals surface area contributed by atoms with Gasteiger partial charge in [0.15, 0.2) is 0 Å². The van der Waals surface area contributed by atoms with Crippen molar-refractivity contribution >= 4 is 11.7 Å². The molecular formula is C18H19FN2O3. The topological polar surface area (TPSA) is 61.8 Å². The molecule has 5 nitrogen and oxygen atoms in total. The van der Waals surface area contributed by atoms with E-state index in [2.05, 4.69) is 11.9 Å². The lowest BCUT2D eigenvalue weighted by atomic mass is 10.3. The van der Waals surface area contributed by atoms with E-state index in [-0.39, 0.29) is 25.0 Å². The molecule has 24 heavy (non-hydrogen) atoms. The molecule has 0 spiro atoms. The zero-order chi connectivity index (χ0) is 17.4. The van der Waals surface area contributed by atoms with Gasteiger partial charge in [-0.2, -0.15) is 0 Å². The minimum absolute atomic E-state index is 0.123.